The third-order valence-corrected chi connectivity index (χ3v) is 4.15. The van der Waals surface area contributed by atoms with Gasteiger partial charge in [0.25, 0.3) is 6.47 Å². The quantitative estimate of drug-likeness (QED) is 0.295. The lowest BCUT2D eigenvalue weighted by Crippen LogP contribution is -2.37. The molecular formula is C23H25NO5. The number of hydrogen-bond donors (Lipinski definition) is 0. The Kier molecular flexibility index (Phi) is 9.15. The molecule has 2 rings (SSSR count). The molecule has 2 aromatic rings. The van der Waals surface area contributed by atoms with Gasteiger partial charge in [0.1, 0.15) is 12.4 Å². The normalized spacial score (nSPS) is 11.6. The maximum atomic E-state index is 12.6. The van der Waals surface area contributed by atoms with Crippen molar-refractivity contribution in [1.82, 2.24) is 4.90 Å². The van der Waals surface area contributed by atoms with E-state index in [1.807, 2.05) is 37.3 Å². The van der Waals surface area contributed by atoms with Gasteiger partial charge in [0.05, 0.1) is 12.1 Å². The highest BCUT2D eigenvalue weighted by atomic mass is 16.6. The highest BCUT2D eigenvalue weighted by Crippen LogP contribution is 2.20. The smallest absolute Gasteiger partial charge is 0.293 e. The first-order chi connectivity index (χ1) is 14.2. The van der Waals surface area contributed by atoms with E-state index in [0.717, 1.165) is 18.4 Å². The first-order valence-electron chi connectivity index (χ1n) is 9.45. The zero-order chi connectivity index (χ0) is 20.9. The topological polar surface area (TPSA) is 72.9 Å². The Hall–Kier alpha value is -3.41. The molecule has 0 fully saturated rings. The molecule has 0 aliphatic rings. The highest BCUT2D eigenvalue weighted by molar-refractivity contribution is 6.08. The molecule has 2 aromatic carbocycles. The van der Waals surface area contributed by atoms with Crippen LogP contribution in [-0.4, -0.2) is 49.4 Å². The fourth-order valence-electron chi connectivity index (χ4n) is 2.75. The first-order valence-corrected chi connectivity index (χ1v) is 9.45. The second-order valence-corrected chi connectivity index (χ2v) is 6.37. The molecule has 0 spiro atoms. The lowest BCUT2D eigenvalue weighted by molar-refractivity contribution is -0.138. The molecule has 1 unspecified atom stereocenters. The predicted octanol–water partition coefficient (Wildman–Crippen LogP) is 3.37. The predicted molar refractivity (Wildman–Crippen MR) is 111 cm³/mol. The van der Waals surface area contributed by atoms with Crippen molar-refractivity contribution in [3.8, 4) is 5.75 Å². The Morgan fingerprint density at radius 2 is 1.79 bits per heavy atom. The van der Waals surface area contributed by atoms with Gasteiger partial charge in [-0.1, -0.05) is 55.5 Å². The monoisotopic (exact) mass is 395 g/mol. The van der Waals surface area contributed by atoms with Crippen molar-refractivity contribution >= 4 is 24.7 Å². The summed E-state index contributed by atoms with van der Waals surface area (Å²) in [7, 11) is 0. The van der Waals surface area contributed by atoms with Crippen molar-refractivity contribution < 1.29 is 23.9 Å². The number of para-hydroxylation sites is 1. The number of hydrogen-bond acceptors (Lipinski definition) is 5. The van der Waals surface area contributed by atoms with E-state index in [0.29, 0.717) is 24.3 Å². The van der Waals surface area contributed by atoms with Crippen LogP contribution >= 0.6 is 0 Å². The van der Waals surface area contributed by atoms with Crippen LogP contribution in [0.1, 0.15) is 29.3 Å². The molecular weight excluding hydrogens is 370 g/mol. The number of ether oxygens (including phenoxy) is 2. The second kappa shape index (κ2) is 12.1. The van der Waals surface area contributed by atoms with Crippen LogP contribution in [0.2, 0.25) is 0 Å². The Morgan fingerprint density at radius 1 is 1.07 bits per heavy atom. The molecule has 6 heteroatoms. The number of ketones is 1. The summed E-state index contributed by atoms with van der Waals surface area (Å²) in [5.74, 6) is 0.195. The van der Waals surface area contributed by atoms with E-state index in [1.165, 1.54) is 11.0 Å². The summed E-state index contributed by atoms with van der Waals surface area (Å²) < 4.78 is 10.8. The number of amides is 1. The van der Waals surface area contributed by atoms with Crippen molar-refractivity contribution in [1.29, 1.82) is 0 Å². The van der Waals surface area contributed by atoms with Crippen LogP contribution in [0.15, 0.2) is 60.7 Å². The van der Waals surface area contributed by atoms with E-state index in [9.17, 15) is 14.4 Å². The molecule has 0 heterocycles. The van der Waals surface area contributed by atoms with Gasteiger partial charge in [-0.2, -0.15) is 0 Å². The van der Waals surface area contributed by atoms with Crippen LogP contribution in [0.5, 0.6) is 5.75 Å². The number of nitrogens with zero attached hydrogens (tertiary/aromatic N) is 1. The molecule has 0 N–H and O–H groups in total. The third-order valence-electron chi connectivity index (χ3n) is 4.15. The fourth-order valence-corrected chi connectivity index (χ4v) is 2.75. The van der Waals surface area contributed by atoms with Gasteiger partial charge in [0, 0.05) is 6.54 Å². The largest absolute Gasteiger partial charge is 0.489 e. The summed E-state index contributed by atoms with van der Waals surface area (Å²) in [5.41, 5.74) is 1.33. The van der Waals surface area contributed by atoms with E-state index in [1.54, 1.807) is 30.3 Å². The molecule has 1 amide bonds. The van der Waals surface area contributed by atoms with E-state index < -0.39 is 6.10 Å². The van der Waals surface area contributed by atoms with Gasteiger partial charge in [-0.15, -0.1) is 0 Å². The molecule has 152 valence electrons. The molecule has 0 saturated carbocycles. The number of carbonyl (C=O) groups is 3. The SMILES string of the molecule is CCCN(C=O)CC(COc1ccccc1C(=O)/C=C/c1ccccc1)OC=O. The van der Waals surface area contributed by atoms with Gasteiger partial charge >= 0.3 is 0 Å². The van der Waals surface area contributed by atoms with Crippen LogP contribution in [0.4, 0.5) is 0 Å². The molecule has 0 aromatic heterocycles. The van der Waals surface area contributed by atoms with Crippen molar-refractivity contribution in [3.05, 3.63) is 71.8 Å². The number of rotatable bonds is 13. The van der Waals surface area contributed by atoms with Crippen molar-refractivity contribution in [2.45, 2.75) is 19.4 Å². The molecule has 0 aliphatic heterocycles. The van der Waals surface area contributed by atoms with E-state index in [-0.39, 0.29) is 18.9 Å². The number of benzene rings is 2. The molecule has 1 atom stereocenters. The van der Waals surface area contributed by atoms with Gasteiger partial charge in [0.15, 0.2) is 11.9 Å². The number of allylic oxidation sites excluding steroid dienone is 1. The molecule has 0 bridgehead atoms. The van der Waals surface area contributed by atoms with Gasteiger partial charge in [-0.05, 0) is 30.2 Å². The third kappa shape index (κ3) is 7.25. The second-order valence-electron chi connectivity index (χ2n) is 6.37. The van der Waals surface area contributed by atoms with Crippen molar-refractivity contribution in [2.24, 2.45) is 0 Å². The highest BCUT2D eigenvalue weighted by Gasteiger charge is 2.17. The fraction of sp³-hybridized carbons (Fsp3) is 0.261. The summed E-state index contributed by atoms with van der Waals surface area (Å²) in [6.45, 7) is 3.09. The molecule has 6 nitrogen and oxygen atoms in total. The summed E-state index contributed by atoms with van der Waals surface area (Å²) >= 11 is 0. The molecule has 0 aliphatic carbocycles. The lowest BCUT2D eigenvalue weighted by atomic mass is 10.1. The molecule has 0 saturated heterocycles. The first kappa shape index (κ1) is 21.9. The van der Waals surface area contributed by atoms with Crippen LogP contribution < -0.4 is 4.74 Å². The van der Waals surface area contributed by atoms with Crippen LogP contribution in [0, 0.1) is 0 Å². The van der Waals surface area contributed by atoms with E-state index in [2.05, 4.69) is 0 Å². The summed E-state index contributed by atoms with van der Waals surface area (Å²) in [6, 6.07) is 16.4. The van der Waals surface area contributed by atoms with Gasteiger partial charge in [-0.3, -0.25) is 14.4 Å². The standard InChI is InChI=1S/C23H25NO5/c1-2-14-24(17-25)15-20(29-18-26)16-28-23-11-7-6-10-21(23)22(27)13-12-19-8-4-3-5-9-19/h3-13,17-18,20H,2,14-16H2,1H3/b13-12+. The average molecular weight is 395 g/mol. The van der Waals surface area contributed by atoms with Crippen LogP contribution in [-0.2, 0) is 14.3 Å². The summed E-state index contributed by atoms with van der Waals surface area (Å²) in [5, 5.41) is 0. The maximum Gasteiger partial charge on any atom is 0.293 e. The maximum absolute atomic E-state index is 12.6. The minimum Gasteiger partial charge on any atom is -0.489 e. The van der Waals surface area contributed by atoms with Crippen molar-refractivity contribution in [2.75, 3.05) is 19.7 Å². The zero-order valence-corrected chi connectivity index (χ0v) is 16.4. The van der Waals surface area contributed by atoms with Crippen LogP contribution in [0.25, 0.3) is 6.08 Å². The minimum absolute atomic E-state index is 0.0273. The Bertz CT molecular complexity index is 819. The lowest BCUT2D eigenvalue weighted by Gasteiger charge is -2.23. The van der Waals surface area contributed by atoms with Gasteiger partial charge in [-0.25, -0.2) is 0 Å². The zero-order valence-electron chi connectivity index (χ0n) is 16.4. The van der Waals surface area contributed by atoms with Gasteiger partial charge in [0.2, 0.25) is 6.41 Å². The average Bonchev–Trinajstić information content (AvgIpc) is 2.76. The van der Waals surface area contributed by atoms with E-state index in [4.69, 9.17) is 9.47 Å². The number of carbonyl (C=O) groups excluding carboxylic acids is 3. The van der Waals surface area contributed by atoms with Crippen molar-refractivity contribution in [3.63, 3.8) is 0 Å². The Morgan fingerprint density at radius 3 is 2.48 bits per heavy atom. The van der Waals surface area contributed by atoms with Gasteiger partial charge < -0.3 is 14.4 Å². The minimum atomic E-state index is -0.632. The molecule has 29 heavy (non-hydrogen) atoms. The Balaban J connectivity index is 2.06. The van der Waals surface area contributed by atoms with E-state index >= 15 is 0 Å². The van der Waals surface area contributed by atoms with Crippen LogP contribution in [0.3, 0.4) is 0 Å². The Labute approximate surface area is 170 Å². The molecule has 0 radical (unpaired) electrons. The summed E-state index contributed by atoms with van der Waals surface area (Å²) in [6.07, 6.45) is 4.11. The summed E-state index contributed by atoms with van der Waals surface area (Å²) in [4.78, 5) is 36.1.